The molecular formula is C28H41NO10. The van der Waals surface area contributed by atoms with Crippen LogP contribution in [0.2, 0.25) is 0 Å². The second-order valence-electron chi connectivity index (χ2n) is 11.6. The molecule has 0 unspecified atom stereocenters. The molecule has 3 aliphatic carbocycles. The zero-order valence-electron chi connectivity index (χ0n) is 22.7. The molecule has 0 radical (unpaired) electrons. The zero-order chi connectivity index (χ0) is 29.7. The van der Waals surface area contributed by atoms with E-state index >= 15 is 0 Å². The van der Waals surface area contributed by atoms with Gasteiger partial charge in [0.05, 0.1) is 12.2 Å². The minimum Gasteiger partial charge on any atom is -0.508 e. The van der Waals surface area contributed by atoms with Gasteiger partial charge in [0.15, 0.2) is 0 Å². The van der Waals surface area contributed by atoms with Gasteiger partial charge in [-0.3, -0.25) is 14.4 Å². The molecule has 0 aliphatic heterocycles. The van der Waals surface area contributed by atoms with E-state index in [2.05, 4.69) is 13.0 Å². The number of nitrogens with two attached hydrogens (primary N) is 1. The van der Waals surface area contributed by atoms with E-state index < -0.39 is 41.4 Å². The highest BCUT2D eigenvalue weighted by molar-refractivity contribution is 6.32. The number of carboxylic acid groups (broad SMARTS) is 3. The summed E-state index contributed by atoms with van der Waals surface area (Å²) in [5, 5.41) is 54.5. The minimum atomic E-state index is -1.50. The number of Topliss-reactive ketones (excluding diaryl/α,β-unsaturated/α-hetero) is 1. The van der Waals surface area contributed by atoms with Gasteiger partial charge in [-0.05, 0) is 98.8 Å². The molecule has 6 atom stereocenters. The largest absolute Gasteiger partial charge is 0.508 e. The number of rotatable bonds is 6. The number of benzene rings is 1. The van der Waals surface area contributed by atoms with Gasteiger partial charge in [0.25, 0.3) is 0 Å². The van der Waals surface area contributed by atoms with E-state index in [4.69, 9.17) is 21.1 Å². The van der Waals surface area contributed by atoms with Gasteiger partial charge < -0.3 is 36.4 Å². The van der Waals surface area contributed by atoms with Crippen LogP contribution in [0.15, 0.2) is 18.2 Å². The van der Waals surface area contributed by atoms with Crippen molar-refractivity contribution in [3.8, 4) is 5.75 Å². The Balaban J connectivity index is 0.000000250. The number of hydrogen-bond donors (Lipinski definition) is 7. The smallest absolute Gasteiger partial charge is 0.372 e. The number of ketones is 1. The van der Waals surface area contributed by atoms with Gasteiger partial charge >= 0.3 is 17.9 Å². The van der Waals surface area contributed by atoms with E-state index in [1.807, 2.05) is 6.07 Å². The van der Waals surface area contributed by atoms with Crippen molar-refractivity contribution in [2.24, 2.45) is 23.0 Å². The molecule has 1 aromatic carbocycles. The maximum Gasteiger partial charge on any atom is 0.372 e. The van der Waals surface area contributed by atoms with Gasteiger partial charge in [0, 0.05) is 12.8 Å². The molecule has 1 aromatic rings. The van der Waals surface area contributed by atoms with Crippen LogP contribution in [0, 0.1) is 17.3 Å². The monoisotopic (exact) mass is 551 g/mol. The van der Waals surface area contributed by atoms with Crippen molar-refractivity contribution in [2.45, 2.75) is 95.8 Å². The lowest BCUT2D eigenvalue weighted by atomic mass is 9.55. The lowest BCUT2D eigenvalue weighted by Crippen LogP contribution is -2.44. The van der Waals surface area contributed by atoms with E-state index in [1.54, 1.807) is 6.07 Å². The lowest BCUT2D eigenvalue weighted by molar-refractivity contribution is -0.149. The first-order chi connectivity index (χ1) is 18.0. The Kier molecular flexibility index (Phi) is 10.6. The average Bonchev–Trinajstić information content (AvgIpc) is 3.07. The van der Waals surface area contributed by atoms with Crippen LogP contribution in [-0.2, 0) is 25.6 Å². The summed E-state index contributed by atoms with van der Waals surface area (Å²) in [6.45, 7) is 5.05. The second kappa shape index (κ2) is 12.9. The minimum absolute atomic E-state index is 0.0838. The standard InChI is InChI=1S/C18H24O3.C6H8O5.C4H9NO2/c1-18-7-6-13-12-5-3-11(19)8-10(12)2-4-14(13)15(18)9-16(20)17(18)21;7-4(6(10)11)2-1-3-5(8)9;1-4(2,5)3(6)7/h3,5,8,13-17,19-21H,2,4,6-7,9H2,1H3;1-3H2,(H,8,9)(H,10,11);5H2,1-2H3,(H,6,7)/t13-,14-,15+,16-,17+,18+;;/m1../s1. The van der Waals surface area contributed by atoms with Crippen molar-refractivity contribution in [1.29, 1.82) is 0 Å². The highest BCUT2D eigenvalue weighted by atomic mass is 16.4. The summed E-state index contributed by atoms with van der Waals surface area (Å²) < 4.78 is 0. The van der Waals surface area contributed by atoms with Crippen molar-refractivity contribution in [3.63, 3.8) is 0 Å². The highest BCUT2D eigenvalue weighted by Gasteiger charge is 2.57. The number of aliphatic hydroxyl groups excluding tert-OH is 2. The third kappa shape index (κ3) is 8.00. The molecule has 0 amide bonds. The van der Waals surface area contributed by atoms with Crippen molar-refractivity contribution < 1.29 is 49.8 Å². The third-order valence-electron chi connectivity index (χ3n) is 8.27. The molecule has 0 heterocycles. The summed E-state index contributed by atoms with van der Waals surface area (Å²) in [6.07, 6.45) is 3.51. The molecule has 11 heteroatoms. The number of hydrogen-bond acceptors (Lipinski definition) is 8. The quantitative estimate of drug-likeness (QED) is 0.254. The van der Waals surface area contributed by atoms with E-state index in [-0.39, 0.29) is 24.7 Å². The van der Waals surface area contributed by atoms with Crippen LogP contribution >= 0.6 is 0 Å². The topological polar surface area (TPSA) is 216 Å². The van der Waals surface area contributed by atoms with Gasteiger partial charge in [-0.15, -0.1) is 0 Å². The number of phenolic OH excluding ortho intramolecular Hbond substituents is 1. The molecule has 0 saturated heterocycles. The third-order valence-corrected chi connectivity index (χ3v) is 8.27. The molecule has 2 saturated carbocycles. The average molecular weight is 552 g/mol. The van der Waals surface area contributed by atoms with Crippen LogP contribution in [0.3, 0.4) is 0 Å². The summed E-state index contributed by atoms with van der Waals surface area (Å²) in [4.78, 5) is 40.0. The number of aliphatic hydroxyl groups is 2. The molecule has 8 N–H and O–H groups in total. The summed E-state index contributed by atoms with van der Waals surface area (Å²) in [5.74, 6) is -2.57. The Morgan fingerprint density at radius 2 is 1.67 bits per heavy atom. The maximum atomic E-state index is 10.4. The number of carbonyl (C=O) groups excluding carboxylic acids is 1. The Hall–Kier alpha value is -3.02. The highest BCUT2D eigenvalue weighted by Crippen LogP contribution is 2.60. The SMILES string of the molecule is CC(C)(N)C(=O)O.C[C@]12CC[C@@H]3c4ccc(O)cc4CC[C@H]3[C@@H]1C[C@@H](O)[C@@H]2O.O=C(O)CCCC(=O)C(=O)O. The zero-order valence-corrected chi connectivity index (χ0v) is 22.7. The van der Waals surface area contributed by atoms with Gasteiger partial charge in [0.1, 0.15) is 11.3 Å². The Labute approximate surface area is 227 Å². The molecule has 39 heavy (non-hydrogen) atoms. The molecule has 3 aliphatic rings. The van der Waals surface area contributed by atoms with Crippen LogP contribution in [0.1, 0.15) is 82.8 Å². The first-order valence-corrected chi connectivity index (χ1v) is 13.2. The molecule has 0 aromatic heterocycles. The van der Waals surface area contributed by atoms with E-state index in [9.17, 15) is 34.5 Å². The maximum absolute atomic E-state index is 10.4. The Bertz CT molecular complexity index is 1060. The van der Waals surface area contributed by atoms with Crippen LogP contribution < -0.4 is 5.73 Å². The summed E-state index contributed by atoms with van der Waals surface area (Å²) in [6, 6.07) is 5.80. The van der Waals surface area contributed by atoms with E-state index in [0.29, 0.717) is 23.5 Å². The van der Waals surface area contributed by atoms with Crippen LogP contribution in [0.25, 0.3) is 0 Å². The van der Waals surface area contributed by atoms with Gasteiger partial charge in [-0.25, -0.2) is 4.79 Å². The number of aryl methyl sites for hydroxylation is 1. The number of carbonyl (C=O) groups is 4. The number of aromatic hydroxyl groups is 1. The predicted octanol–water partition coefficient (Wildman–Crippen LogP) is 2.28. The molecule has 0 bridgehead atoms. The lowest BCUT2D eigenvalue weighted by Gasteiger charge is -2.49. The molecule has 11 nitrogen and oxygen atoms in total. The number of fused-ring (bicyclic) bond motifs is 5. The predicted molar refractivity (Wildman–Crippen MR) is 140 cm³/mol. The first kappa shape index (κ1) is 32.2. The molecule has 0 spiro atoms. The van der Waals surface area contributed by atoms with Crippen molar-refractivity contribution in [3.05, 3.63) is 29.3 Å². The van der Waals surface area contributed by atoms with E-state index in [0.717, 1.165) is 32.1 Å². The van der Waals surface area contributed by atoms with Crippen molar-refractivity contribution in [1.82, 2.24) is 0 Å². The van der Waals surface area contributed by atoms with Crippen LogP contribution in [0.4, 0.5) is 0 Å². The Morgan fingerprint density at radius 3 is 2.21 bits per heavy atom. The fourth-order valence-electron chi connectivity index (χ4n) is 6.06. The molecular weight excluding hydrogens is 510 g/mol. The Morgan fingerprint density at radius 1 is 1.05 bits per heavy atom. The van der Waals surface area contributed by atoms with Crippen LogP contribution in [0.5, 0.6) is 5.75 Å². The number of phenols is 1. The number of aliphatic carboxylic acids is 3. The molecule has 4 rings (SSSR count). The van der Waals surface area contributed by atoms with Gasteiger partial charge in [0.2, 0.25) is 5.78 Å². The van der Waals surface area contributed by atoms with Gasteiger partial charge in [-0.2, -0.15) is 0 Å². The normalized spacial score (nSPS) is 28.7. The van der Waals surface area contributed by atoms with E-state index in [1.165, 1.54) is 25.0 Å². The number of carboxylic acids is 3. The fourth-order valence-corrected chi connectivity index (χ4v) is 6.06. The summed E-state index contributed by atoms with van der Waals surface area (Å²) in [7, 11) is 0. The fraction of sp³-hybridized carbons (Fsp3) is 0.643. The summed E-state index contributed by atoms with van der Waals surface area (Å²) >= 11 is 0. The van der Waals surface area contributed by atoms with Crippen molar-refractivity contribution >= 4 is 23.7 Å². The van der Waals surface area contributed by atoms with Crippen molar-refractivity contribution in [2.75, 3.05) is 0 Å². The summed E-state index contributed by atoms with van der Waals surface area (Å²) in [5.41, 5.74) is 6.56. The second-order valence-corrected chi connectivity index (χ2v) is 11.6. The van der Waals surface area contributed by atoms with Gasteiger partial charge in [-0.1, -0.05) is 13.0 Å². The molecule has 2 fully saturated rings. The van der Waals surface area contributed by atoms with Crippen LogP contribution in [-0.4, -0.2) is 72.1 Å². The first-order valence-electron chi connectivity index (χ1n) is 13.2. The molecule has 218 valence electrons.